The molecule has 0 unspecified atom stereocenters. The molecule has 2 aromatic heterocycles. The molecule has 0 amide bonds. The van der Waals surface area contributed by atoms with Gasteiger partial charge in [0, 0.05) is 12.5 Å². The molecule has 0 aromatic carbocycles. The van der Waals surface area contributed by atoms with Crippen molar-refractivity contribution in [2.75, 3.05) is 11.9 Å². The molecular weight excluding hydrogens is 334 g/mol. The Hall–Kier alpha value is -0.940. The van der Waals surface area contributed by atoms with Crippen LogP contribution in [0.2, 0.25) is 0 Å². The molecule has 0 spiro atoms. The minimum Gasteiger partial charge on any atom is -0.369 e. The Morgan fingerprint density at radius 2 is 2.15 bits per heavy atom. The van der Waals surface area contributed by atoms with E-state index in [0.29, 0.717) is 5.92 Å². The zero-order valence-corrected chi connectivity index (χ0v) is 13.9. The summed E-state index contributed by atoms with van der Waals surface area (Å²) < 4.78 is 1.05. The average molecular weight is 352 g/mol. The lowest BCUT2D eigenvalue weighted by Crippen LogP contribution is -2.08. The van der Waals surface area contributed by atoms with E-state index in [1.54, 1.807) is 11.3 Å². The SMILES string of the molecule is CCNc1nc(-c2cccs2)nc(C2CCCC2)c1Br. The van der Waals surface area contributed by atoms with Gasteiger partial charge in [-0.1, -0.05) is 18.9 Å². The van der Waals surface area contributed by atoms with Gasteiger partial charge in [0.2, 0.25) is 0 Å². The van der Waals surface area contributed by atoms with Crippen LogP contribution in [-0.4, -0.2) is 16.5 Å². The highest BCUT2D eigenvalue weighted by Gasteiger charge is 2.24. The second kappa shape index (κ2) is 6.22. The third kappa shape index (κ3) is 2.74. The van der Waals surface area contributed by atoms with Crippen molar-refractivity contribution in [3.05, 3.63) is 27.7 Å². The highest BCUT2D eigenvalue weighted by Crippen LogP contribution is 2.40. The zero-order valence-electron chi connectivity index (χ0n) is 11.5. The smallest absolute Gasteiger partial charge is 0.171 e. The summed E-state index contributed by atoms with van der Waals surface area (Å²) in [7, 11) is 0. The van der Waals surface area contributed by atoms with Gasteiger partial charge in [0.05, 0.1) is 15.0 Å². The molecule has 0 bridgehead atoms. The van der Waals surface area contributed by atoms with Gasteiger partial charge in [0.15, 0.2) is 5.82 Å². The summed E-state index contributed by atoms with van der Waals surface area (Å²) in [5, 5.41) is 5.42. The Bertz CT molecular complexity index is 577. The van der Waals surface area contributed by atoms with Gasteiger partial charge >= 0.3 is 0 Å². The molecule has 3 nitrogen and oxygen atoms in total. The van der Waals surface area contributed by atoms with Crippen molar-refractivity contribution in [3.8, 4) is 10.7 Å². The standard InChI is InChI=1S/C15H18BrN3S/c1-2-17-15-12(16)13(10-6-3-4-7-10)18-14(19-15)11-8-5-9-20-11/h5,8-10H,2-4,6-7H2,1H3,(H,17,18,19). The van der Waals surface area contributed by atoms with Crippen LogP contribution in [0, 0.1) is 0 Å². The second-order valence-electron chi connectivity index (χ2n) is 5.08. The van der Waals surface area contributed by atoms with Crippen molar-refractivity contribution < 1.29 is 0 Å². The Morgan fingerprint density at radius 3 is 2.80 bits per heavy atom. The third-order valence-electron chi connectivity index (χ3n) is 3.70. The molecule has 2 heterocycles. The quantitative estimate of drug-likeness (QED) is 0.836. The van der Waals surface area contributed by atoms with E-state index in [9.17, 15) is 0 Å². The van der Waals surface area contributed by atoms with Gasteiger partial charge in [0.1, 0.15) is 5.82 Å². The summed E-state index contributed by atoms with van der Waals surface area (Å²) in [6, 6.07) is 4.13. The van der Waals surface area contributed by atoms with Crippen molar-refractivity contribution in [2.45, 2.75) is 38.5 Å². The predicted molar refractivity (Wildman–Crippen MR) is 88.4 cm³/mol. The third-order valence-corrected chi connectivity index (χ3v) is 5.35. The summed E-state index contributed by atoms with van der Waals surface area (Å²) >= 11 is 5.40. The molecule has 1 aliphatic carbocycles. The molecule has 0 radical (unpaired) electrons. The molecule has 1 fully saturated rings. The van der Waals surface area contributed by atoms with E-state index < -0.39 is 0 Å². The number of hydrogen-bond acceptors (Lipinski definition) is 4. The van der Waals surface area contributed by atoms with Crippen molar-refractivity contribution in [1.29, 1.82) is 0 Å². The summed E-state index contributed by atoms with van der Waals surface area (Å²) in [6.07, 6.45) is 5.11. The largest absolute Gasteiger partial charge is 0.369 e. The second-order valence-corrected chi connectivity index (χ2v) is 6.82. The Morgan fingerprint density at radius 1 is 1.35 bits per heavy atom. The fourth-order valence-electron chi connectivity index (χ4n) is 2.73. The molecule has 1 saturated carbocycles. The van der Waals surface area contributed by atoms with Crippen molar-refractivity contribution in [2.24, 2.45) is 0 Å². The zero-order chi connectivity index (χ0) is 13.9. The van der Waals surface area contributed by atoms with Crippen LogP contribution in [0.3, 0.4) is 0 Å². The number of hydrogen-bond donors (Lipinski definition) is 1. The Balaban J connectivity index is 2.07. The fourth-order valence-corrected chi connectivity index (χ4v) is 4.03. The van der Waals surface area contributed by atoms with Gasteiger partial charge in [-0.2, -0.15) is 0 Å². The maximum absolute atomic E-state index is 4.85. The van der Waals surface area contributed by atoms with E-state index in [2.05, 4.69) is 44.6 Å². The molecule has 5 heteroatoms. The lowest BCUT2D eigenvalue weighted by molar-refractivity contribution is 0.691. The van der Waals surface area contributed by atoms with Gasteiger partial charge in [0.25, 0.3) is 0 Å². The first-order chi connectivity index (χ1) is 9.79. The van der Waals surface area contributed by atoms with Crippen LogP contribution in [-0.2, 0) is 0 Å². The first-order valence-electron chi connectivity index (χ1n) is 7.14. The average Bonchev–Trinajstić information content (AvgIpc) is 3.14. The molecule has 106 valence electrons. The van der Waals surface area contributed by atoms with E-state index >= 15 is 0 Å². The normalized spacial score (nSPS) is 15.7. The van der Waals surface area contributed by atoms with E-state index in [0.717, 1.165) is 27.5 Å². The van der Waals surface area contributed by atoms with Crippen LogP contribution in [0.15, 0.2) is 22.0 Å². The summed E-state index contributed by atoms with van der Waals surface area (Å²) in [5.74, 6) is 2.34. The number of halogens is 1. The van der Waals surface area contributed by atoms with Gasteiger partial charge in [-0.3, -0.25) is 0 Å². The number of aromatic nitrogens is 2. The molecule has 1 N–H and O–H groups in total. The molecule has 0 atom stereocenters. The van der Waals surface area contributed by atoms with Crippen LogP contribution in [0.25, 0.3) is 10.7 Å². The highest BCUT2D eigenvalue weighted by molar-refractivity contribution is 9.10. The number of nitrogens with one attached hydrogen (secondary N) is 1. The van der Waals surface area contributed by atoms with E-state index in [1.807, 2.05) is 6.07 Å². The monoisotopic (exact) mass is 351 g/mol. The van der Waals surface area contributed by atoms with Crippen LogP contribution in [0.1, 0.15) is 44.2 Å². The first-order valence-corrected chi connectivity index (χ1v) is 8.82. The van der Waals surface area contributed by atoms with Crippen LogP contribution >= 0.6 is 27.3 Å². The van der Waals surface area contributed by atoms with Crippen molar-refractivity contribution in [1.82, 2.24) is 9.97 Å². The predicted octanol–water partition coefficient (Wildman–Crippen LogP) is 5.06. The highest BCUT2D eigenvalue weighted by atomic mass is 79.9. The fraction of sp³-hybridized carbons (Fsp3) is 0.467. The molecular formula is C15H18BrN3S. The van der Waals surface area contributed by atoms with Crippen LogP contribution in [0.5, 0.6) is 0 Å². The van der Waals surface area contributed by atoms with Gasteiger partial charge in [-0.25, -0.2) is 9.97 Å². The first kappa shape index (κ1) is 14.0. The molecule has 1 aliphatic rings. The van der Waals surface area contributed by atoms with Gasteiger partial charge in [-0.15, -0.1) is 11.3 Å². The summed E-state index contributed by atoms with van der Waals surface area (Å²) in [5.41, 5.74) is 1.18. The van der Waals surface area contributed by atoms with Crippen LogP contribution in [0.4, 0.5) is 5.82 Å². The van der Waals surface area contributed by atoms with E-state index in [1.165, 1.54) is 31.4 Å². The number of rotatable bonds is 4. The summed E-state index contributed by atoms with van der Waals surface area (Å²) in [4.78, 5) is 10.7. The van der Waals surface area contributed by atoms with E-state index in [4.69, 9.17) is 4.98 Å². The molecule has 20 heavy (non-hydrogen) atoms. The Kier molecular flexibility index (Phi) is 4.36. The minimum absolute atomic E-state index is 0.573. The lowest BCUT2D eigenvalue weighted by Gasteiger charge is -2.15. The minimum atomic E-state index is 0.573. The number of nitrogens with zero attached hydrogens (tertiary/aromatic N) is 2. The number of thiophene rings is 1. The van der Waals surface area contributed by atoms with E-state index in [-0.39, 0.29) is 0 Å². The molecule has 2 aromatic rings. The summed E-state index contributed by atoms with van der Waals surface area (Å²) in [6.45, 7) is 2.96. The van der Waals surface area contributed by atoms with Crippen molar-refractivity contribution in [3.63, 3.8) is 0 Å². The molecule has 3 rings (SSSR count). The molecule has 0 aliphatic heterocycles. The maximum atomic E-state index is 4.85. The maximum Gasteiger partial charge on any atom is 0.171 e. The lowest BCUT2D eigenvalue weighted by atomic mass is 10.0. The van der Waals surface area contributed by atoms with Crippen molar-refractivity contribution >= 4 is 33.1 Å². The van der Waals surface area contributed by atoms with Gasteiger partial charge < -0.3 is 5.32 Å². The Labute approximate surface area is 132 Å². The topological polar surface area (TPSA) is 37.8 Å². The molecule has 0 saturated heterocycles. The van der Waals surface area contributed by atoms with Crippen LogP contribution < -0.4 is 5.32 Å². The van der Waals surface area contributed by atoms with Gasteiger partial charge in [-0.05, 0) is 47.1 Å². The number of anilines is 1.